The molecule has 0 aliphatic heterocycles. The van der Waals surface area contributed by atoms with Crippen LogP contribution in [-0.2, 0) is 6.61 Å². The summed E-state index contributed by atoms with van der Waals surface area (Å²) in [6.45, 7) is 1.82. The van der Waals surface area contributed by atoms with Crippen LogP contribution in [0.1, 0.15) is 24.2 Å². The van der Waals surface area contributed by atoms with Gasteiger partial charge >= 0.3 is 0 Å². The second-order valence-corrected chi connectivity index (χ2v) is 4.09. The van der Waals surface area contributed by atoms with Crippen molar-refractivity contribution in [3.63, 3.8) is 0 Å². The molecular weight excluding hydrogens is 231 g/mol. The molecule has 0 fully saturated rings. The van der Waals surface area contributed by atoms with Crippen molar-refractivity contribution in [2.45, 2.75) is 19.6 Å². The van der Waals surface area contributed by atoms with Gasteiger partial charge < -0.3 is 9.84 Å². The Bertz CT molecular complexity index is 523. The van der Waals surface area contributed by atoms with E-state index in [-0.39, 0.29) is 12.4 Å². The molecule has 0 amide bonds. The zero-order chi connectivity index (χ0) is 13.0. The van der Waals surface area contributed by atoms with Crippen molar-refractivity contribution in [2.75, 3.05) is 0 Å². The van der Waals surface area contributed by atoms with Crippen molar-refractivity contribution in [1.29, 1.82) is 0 Å². The first-order valence-electron chi connectivity index (χ1n) is 5.81. The van der Waals surface area contributed by atoms with Crippen LogP contribution in [-0.4, -0.2) is 5.11 Å². The van der Waals surface area contributed by atoms with Crippen LogP contribution in [0.3, 0.4) is 0 Å². The Labute approximate surface area is 106 Å². The maximum Gasteiger partial charge on any atom is 0.129 e. The molecule has 0 spiro atoms. The Hall–Kier alpha value is -1.87. The number of ether oxygens (including phenoxy) is 1. The minimum atomic E-state index is -0.609. The van der Waals surface area contributed by atoms with Crippen molar-refractivity contribution in [2.24, 2.45) is 0 Å². The Balaban J connectivity index is 2.14. The largest absolute Gasteiger partial charge is 0.488 e. The highest BCUT2D eigenvalue weighted by atomic mass is 19.1. The molecule has 94 valence electrons. The van der Waals surface area contributed by atoms with Crippen molar-refractivity contribution in [3.8, 4) is 5.75 Å². The van der Waals surface area contributed by atoms with Crippen molar-refractivity contribution in [1.82, 2.24) is 0 Å². The van der Waals surface area contributed by atoms with Crippen LogP contribution in [0.2, 0.25) is 0 Å². The summed E-state index contributed by atoms with van der Waals surface area (Å²) in [6.07, 6.45) is -0.609. The molecule has 2 aromatic rings. The van der Waals surface area contributed by atoms with Crippen LogP contribution in [0.25, 0.3) is 0 Å². The second kappa shape index (κ2) is 5.65. The third kappa shape index (κ3) is 2.87. The zero-order valence-electron chi connectivity index (χ0n) is 10.1. The normalized spacial score (nSPS) is 12.2. The average molecular weight is 246 g/mol. The monoisotopic (exact) mass is 246 g/mol. The molecule has 1 N–H and O–H groups in total. The Morgan fingerprint density at radius 1 is 1.11 bits per heavy atom. The van der Waals surface area contributed by atoms with Crippen LogP contribution < -0.4 is 4.74 Å². The molecule has 0 aromatic heterocycles. The molecule has 0 heterocycles. The van der Waals surface area contributed by atoms with Crippen molar-refractivity contribution >= 4 is 0 Å². The first kappa shape index (κ1) is 12.6. The Morgan fingerprint density at radius 2 is 1.78 bits per heavy atom. The van der Waals surface area contributed by atoms with Gasteiger partial charge in [-0.3, -0.25) is 0 Å². The third-order valence-corrected chi connectivity index (χ3v) is 2.71. The summed E-state index contributed by atoms with van der Waals surface area (Å²) in [7, 11) is 0. The van der Waals surface area contributed by atoms with Crippen LogP contribution in [0.15, 0.2) is 48.5 Å². The smallest absolute Gasteiger partial charge is 0.129 e. The van der Waals surface area contributed by atoms with Gasteiger partial charge in [-0.2, -0.15) is 0 Å². The maximum absolute atomic E-state index is 13.4. The first-order chi connectivity index (χ1) is 8.68. The molecule has 18 heavy (non-hydrogen) atoms. The van der Waals surface area contributed by atoms with Gasteiger partial charge in [0.05, 0.1) is 6.10 Å². The summed E-state index contributed by atoms with van der Waals surface area (Å²) in [5.74, 6) is 0.294. The van der Waals surface area contributed by atoms with E-state index < -0.39 is 6.10 Å². The zero-order valence-corrected chi connectivity index (χ0v) is 10.1. The number of hydrogen-bond donors (Lipinski definition) is 1. The van der Waals surface area contributed by atoms with E-state index in [0.29, 0.717) is 16.9 Å². The van der Waals surface area contributed by atoms with Crippen LogP contribution in [0.4, 0.5) is 4.39 Å². The minimum absolute atomic E-state index is 0.149. The van der Waals surface area contributed by atoms with E-state index in [1.165, 1.54) is 6.07 Å². The van der Waals surface area contributed by atoms with Crippen LogP contribution in [0, 0.1) is 5.82 Å². The number of para-hydroxylation sites is 1. The predicted octanol–water partition coefficient (Wildman–Crippen LogP) is 3.46. The molecule has 2 rings (SSSR count). The summed E-state index contributed by atoms with van der Waals surface area (Å²) in [5.41, 5.74) is 1.20. The maximum atomic E-state index is 13.4. The third-order valence-electron chi connectivity index (χ3n) is 2.71. The Kier molecular flexibility index (Phi) is 3.95. The number of aliphatic hydroxyl groups is 1. The molecule has 2 aromatic carbocycles. The standard InChI is InChI=1S/C15H15FO2/c1-11(17)13-7-3-5-9-15(13)18-10-12-6-2-4-8-14(12)16/h2-9,11,17H,10H2,1H3. The Morgan fingerprint density at radius 3 is 2.50 bits per heavy atom. The van der Waals surface area contributed by atoms with E-state index in [2.05, 4.69) is 0 Å². The predicted molar refractivity (Wildman–Crippen MR) is 67.8 cm³/mol. The fourth-order valence-corrected chi connectivity index (χ4v) is 1.73. The molecule has 0 bridgehead atoms. The molecule has 1 atom stereocenters. The average Bonchev–Trinajstić information content (AvgIpc) is 2.38. The summed E-state index contributed by atoms with van der Waals surface area (Å²) in [5, 5.41) is 9.60. The number of halogens is 1. The lowest BCUT2D eigenvalue weighted by atomic mass is 10.1. The second-order valence-electron chi connectivity index (χ2n) is 4.09. The highest BCUT2D eigenvalue weighted by Gasteiger charge is 2.09. The number of rotatable bonds is 4. The lowest BCUT2D eigenvalue weighted by Crippen LogP contribution is -2.02. The van der Waals surface area contributed by atoms with Gasteiger partial charge in [0.15, 0.2) is 0 Å². The number of benzene rings is 2. The van der Waals surface area contributed by atoms with Crippen molar-refractivity contribution in [3.05, 3.63) is 65.5 Å². The van der Waals surface area contributed by atoms with Gasteiger partial charge in [0, 0.05) is 11.1 Å². The summed E-state index contributed by atoms with van der Waals surface area (Å²) in [4.78, 5) is 0. The van der Waals surface area contributed by atoms with Gasteiger partial charge in [-0.25, -0.2) is 4.39 Å². The van der Waals surface area contributed by atoms with Crippen LogP contribution >= 0.6 is 0 Å². The highest BCUT2D eigenvalue weighted by Crippen LogP contribution is 2.25. The van der Waals surface area contributed by atoms with Gasteiger partial charge in [-0.15, -0.1) is 0 Å². The SMILES string of the molecule is CC(O)c1ccccc1OCc1ccccc1F. The molecule has 3 heteroatoms. The minimum Gasteiger partial charge on any atom is -0.488 e. The fraction of sp³-hybridized carbons (Fsp3) is 0.200. The topological polar surface area (TPSA) is 29.5 Å². The quantitative estimate of drug-likeness (QED) is 0.895. The molecule has 2 nitrogen and oxygen atoms in total. The van der Waals surface area contributed by atoms with E-state index in [1.807, 2.05) is 12.1 Å². The summed E-state index contributed by atoms with van der Waals surface area (Å²) in [6, 6.07) is 13.7. The molecule has 0 aliphatic rings. The highest BCUT2D eigenvalue weighted by molar-refractivity contribution is 5.35. The molecule has 0 aliphatic carbocycles. The summed E-state index contributed by atoms with van der Waals surface area (Å²) < 4.78 is 19.0. The molecule has 0 radical (unpaired) electrons. The first-order valence-corrected chi connectivity index (χ1v) is 5.81. The molecular formula is C15H15FO2. The van der Waals surface area contributed by atoms with E-state index in [1.54, 1.807) is 37.3 Å². The van der Waals surface area contributed by atoms with Crippen LogP contribution in [0.5, 0.6) is 5.75 Å². The lowest BCUT2D eigenvalue weighted by Gasteiger charge is -2.13. The van der Waals surface area contributed by atoms with Gasteiger partial charge in [0.25, 0.3) is 0 Å². The van der Waals surface area contributed by atoms with Gasteiger partial charge in [-0.1, -0.05) is 36.4 Å². The molecule has 0 saturated heterocycles. The number of aliphatic hydroxyl groups excluding tert-OH is 1. The van der Waals surface area contributed by atoms with Gasteiger partial charge in [0.2, 0.25) is 0 Å². The van der Waals surface area contributed by atoms with Gasteiger partial charge in [-0.05, 0) is 19.1 Å². The van der Waals surface area contributed by atoms with E-state index >= 15 is 0 Å². The van der Waals surface area contributed by atoms with Crippen molar-refractivity contribution < 1.29 is 14.2 Å². The molecule has 1 unspecified atom stereocenters. The number of hydrogen-bond acceptors (Lipinski definition) is 2. The molecule has 0 saturated carbocycles. The lowest BCUT2D eigenvalue weighted by molar-refractivity contribution is 0.190. The van der Waals surface area contributed by atoms with E-state index in [4.69, 9.17) is 4.74 Å². The van der Waals surface area contributed by atoms with E-state index in [0.717, 1.165) is 0 Å². The summed E-state index contributed by atoms with van der Waals surface area (Å²) >= 11 is 0. The van der Waals surface area contributed by atoms with E-state index in [9.17, 15) is 9.50 Å². The fourth-order valence-electron chi connectivity index (χ4n) is 1.73. The van der Waals surface area contributed by atoms with Gasteiger partial charge in [0.1, 0.15) is 18.2 Å².